The minimum absolute atomic E-state index is 0.120. The number of piperidine rings is 1. The molecule has 1 aliphatic heterocycles. The maximum Gasteiger partial charge on any atom is 0.319 e. The number of imide groups is 1. The summed E-state index contributed by atoms with van der Waals surface area (Å²) >= 11 is 12.1. The Bertz CT molecular complexity index is 1290. The Hall–Kier alpha value is -3.50. The van der Waals surface area contributed by atoms with E-state index in [4.69, 9.17) is 23.2 Å². The molecule has 2 heterocycles. The van der Waals surface area contributed by atoms with Crippen LogP contribution in [0.3, 0.4) is 0 Å². The van der Waals surface area contributed by atoms with Gasteiger partial charge in [-0.15, -0.1) is 5.10 Å². The van der Waals surface area contributed by atoms with Crippen molar-refractivity contribution in [3.63, 3.8) is 0 Å². The molecular formula is C20H16Cl2N6O4. The van der Waals surface area contributed by atoms with Crippen LogP contribution in [0, 0.1) is 0 Å². The van der Waals surface area contributed by atoms with Gasteiger partial charge in [0.1, 0.15) is 11.6 Å². The number of halogens is 2. The number of benzene rings is 2. The summed E-state index contributed by atoms with van der Waals surface area (Å²) in [6.07, 6.45) is 0.298. The predicted octanol–water partition coefficient (Wildman–Crippen LogP) is 2.40. The highest BCUT2D eigenvalue weighted by Crippen LogP contribution is 2.29. The fraction of sp³-hybridized carbons (Fsp3) is 0.200. The van der Waals surface area contributed by atoms with Crippen LogP contribution in [0.4, 0.5) is 10.5 Å². The van der Waals surface area contributed by atoms with Crippen LogP contribution < -0.4 is 21.5 Å². The first kappa shape index (κ1) is 21.7. The summed E-state index contributed by atoms with van der Waals surface area (Å²) in [6.45, 7) is 0.141. The predicted molar refractivity (Wildman–Crippen MR) is 118 cm³/mol. The summed E-state index contributed by atoms with van der Waals surface area (Å²) in [4.78, 5) is 48.4. The zero-order valence-electron chi connectivity index (χ0n) is 16.4. The maximum atomic E-state index is 12.8. The number of urea groups is 1. The molecule has 0 bridgehead atoms. The summed E-state index contributed by atoms with van der Waals surface area (Å²) < 4.78 is 0.989. The molecule has 0 aliphatic carbocycles. The Morgan fingerprint density at radius 3 is 2.62 bits per heavy atom. The van der Waals surface area contributed by atoms with E-state index in [1.807, 2.05) is 0 Å². The number of amides is 4. The van der Waals surface area contributed by atoms with Crippen molar-refractivity contribution in [3.05, 3.63) is 62.4 Å². The fourth-order valence-corrected chi connectivity index (χ4v) is 3.78. The second-order valence-corrected chi connectivity index (χ2v) is 7.88. The quantitative estimate of drug-likeness (QED) is 0.496. The lowest BCUT2D eigenvalue weighted by atomic mass is 10.1. The number of carbonyl (C=O) groups is 3. The van der Waals surface area contributed by atoms with Crippen molar-refractivity contribution < 1.29 is 14.4 Å². The van der Waals surface area contributed by atoms with Crippen molar-refractivity contribution >= 4 is 57.6 Å². The number of aromatic nitrogens is 3. The van der Waals surface area contributed by atoms with Crippen LogP contribution >= 0.6 is 23.2 Å². The van der Waals surface area contributed by atoms with E-state index < -0.39 is 23.5 Å². The Morgan fingerprint density at radius 1 is 1.16 bits per heavy atom. The van der Waals surface area contributed by atoms with Crippen molar-refractivity contribution in [2.75, 3.05) is 5.32 Å². The zero-order valence-corrected chi connectivity index (χ0v) is 17.9. The highest BCUT2D eigenvalue weighted by atomic mass is 35.5. The molecule has 0 radical (unpaired) electrons. The average Bonchev–Trinajstić information content (AvgIpc) is 2.76. The average molecular weight is 475 g/mol. The summed E-state index contributed by atoms with van der Waals surface area (Å²) in [5.74, 6) is -0.964. The van der Waals surface area contributed by atoms with Crippen molar-refractivity contribution in [2.45, 2.75) is 25.4 Å². The van der Waals surface area contributed by atoms with E-state index in [0.29, 0.717) is 26.8 Å². The van der Waals surface area contributed by atoms with E-state index in [0.717, 1.165) is 4.68 Å². The van der Waals surface area contributed by atoms with Crippen molar-refractivity contribution in [1.29, 1.82) is 0 Å². The molecule has 1 saturated heterocycles. The van der Waals surface area contributed by atoms with Crippen LogP contribution in [0.25, 0.3) is 10.9 Å². The molecule has 2 aromatic carbocycles. The van der Waals surface area contributed by atoms with Gasteiger partial charge in [-0.25, -0.2) is 4.79 Å². The first-order valence-corrected chi connectivity index (χ1v) is 10.3. The van der Waals surface area contributed by atoms with E-state index in [-0.39, 0.29) is 30.7 Å². The van der Waals surface area contributed by atoms with Crippen LogP contribution in [0.2, 0.25) is 10.0 Å². The fourth-order valence-electron chi connectivity index (χ4n) is 3.29. The maximum absolute atomic E-state index is 12.8. The molecule has 12 heteroatoms. The molecule has 1 unspecified atom stereocenters. The molecule has 32 heavy (non-hydrogen) atoms. The summed E-state index contributed by atoms with van der Waals surface area (Å²) in [5.41, 5.74) is 0.791. The van der Waals surface area contributed by atoms with Crippen LogP contribution in [-0.2, 0) is 16.1 Å². The molecular weight excluding hydrogens is 459 g/mol. The molecule has 10 nitrogen and oxygen atoms in total. The van der Waals surface area contributed by atoms with Crippen LogP contribution in [0.15, 0.2) is 41.2 Å². The van der Waals surface area contributed by atoms with Crippen LogP contribution in [0.1, 0.15) is 24.4 Å². The molecule has 3 N–H and O–H groups in total. The lowest BCUT2D eigenvalue weighted by Gasteiger charge is -2.21. The lowest BCUT2D eigenvalue weighted by molar-refractivity contribution is -0.136. The number of anilines is 1. The third-order valence-electron chi connectivity index (χ3n) is 4.91. The minimum atomic E-state index is -0.890. The van der Waals surface area contributed by atoms with E-state index in [1.54, 1.807) is 36.4 Å². The van der Waals surface area contributed by atoms with Gasteiger partial charge in [0.25, 0.3) is 11.5 Å². The number of hydrogen-bond acceptors (Lipinski definition) is 6. The zero-order chi connectivity index (χ0) is 22.8. The summed E-state index contributed by atoms with van der Waals surface area (Å²) in [7, 11) is 0. The van der Waals surface area contributed by atoms with E-state index in [2.05, 4.69) is 26.3 Å². The first-order valence-electron chi connectivity index (χ1n) is 9.54. The first-order chi connectivity index (χ1) is 15.3. The topological polar surface area (TPSA) is 135 Å². The van der Waals surface area contributed by atoms with Crippen molar-refractivity contribution in [2.24, 2.45) is 0 Å². The molecule has 4 rings (SSSR count). The minimum Gasteiger partial charge on any atom is -0.334 e. The molecule has 0 spiro atoms. The standard InChI is InChI=1S/C20H16Cl2N6O4/c21-12-2-1-3-13(22)17(12)25-20(32)23-9-10-4-5-11-14(8-10)26-27-28(19(11)31)15-6-7-16(29)24-18(15)30/h1-5,8,15H,6-7,9H2,(H2,23,25,32)(H,24,29,30). The van der Waals surface area contributed by atoms with Gasteiger partial charge in [0.15, 0.2) is 0 Å². The monoisotopic (exact) mass is 474 g/mol. The number of carbonyl (C=O) groups excluding carboxylic acids is 3. The summed E-state index contributed by atoms with van der Waals surface area (Å²) in [5, 5.41) is 16.2. The van der Waals surface area contributed by atoms with Gasteiger partial charge < -0.3 is 10.6 Å². The second kappa shape index (κ2) is 8.93. The van der Waals surface area contributed by atoms with E-state index >= 15 is 0 Å². The van der Waals surface area contributed by atoms with Crippen LogP contribution in [0.5, 0.6) is 0 Å². The largest absolute Gasteiger partial charge is 0.334 e. The third-order valence-corrected chi connectivity index (χ3v) is 5.54. The van der Waals surface area contributed by atoms with E-state index in [1.165, 1.54) is 0 Å². The van der Waals surface area contributed by atoms with Gasteiger partial charge in [-0.3, -0.25) is 19.7 Å². The molecule has 3 aromatic rings. The Balaban J connectivity index is 1.48. The normalized spacial score (nSPS) is 16.0. The second-order valence-electron chi connectivity index (χ2n) is 7.06. The highest BCUT2D eigenvalue weighted by Gasteiger charge is 2.30. The van der Waals surface area contributed by atoms with Gasteiger partial charge >= 0.3 is 6.03 Å². The molecule has 1 atom stereocenters. The van der Waals surface area contributed by atoms with Gasteiger partial charge in [-0.1, -0.05) is 40.5 Å². The number of nitrogens with zero attached hydrogens (tertiary/aromatic N) is 3. The molecule has 1 aliphatic rings. The number of fused-ring (bicyclic) bond motifs is 1. The number of hydrogen-bond donors (Lipinski definition) is 3. The van der Waals surface area contributed by atoms with Crippen LogP contribution in [-0.4, -0.2) is 32.8 Å². The molecule has 1 fully saturated rings. The highest BCUT2D eigenvalue weighted by molar-refractivity contribution is 6.39. The van der Waals surface area contributed by atoms with Crippen molar-refractivity contribution in [1.82, 2.24) is 25.6 Å². The number of para-hydroxylation sites is 1. The van der Waals surface area contributed by atoms with Crippen molar-refractivity contribution in [3.8, 4) is 0 Å². The van der Waals surface area contributed by atoms with Gasteiger partial charge in [-0.05, 0) is 36.2 Å². The molecule has 4 amide bonds. The SMILES string of the molecule is O=C1CCC(n2nnc3cc(CNC(=O)Nc4c(Cl)cccc4Cl)ccc3c2=O)C(=O)N1. The molecule has 1 aromatic heterocycles. The van der Waals surface area contributed by atoms with Gasteiger partial charge in [0.05, 0.1) is 21.1 Å². The lowest BCUT2D eigenvalue weighted by Crippen LogP contribution is -2.45. The molecule has 164 valence electrons. The summed E-state index contributed by atoms with van der Waals surface area (Å²) in [6, 6.07) is 8.29. The van der Waals surface area contributed by atoms with Gasteiger partial charge in [0.2, 0.25) is 5.91 Å². The van der Waals surface area contributed by atoms with E-state index in [9.17, 15) is 19.2 Å². The Labute approximate surface area is 190 Å². The Kier molecular flexibility index (Phi) is 6.06. The van der Waals surface area contributed by atoms with Gasteiger partial charge in [-0.2, -0.15) is 4.68 Å². The number of rotatable bonds is 4. The molecule has 0 saturated carbocycles. The smallest absolute Gasteiger partial charge is 0.319 e. The number of nitrogens with one attached hydrogen (secondary N) is 3. The van der Waals surface area contributed by atoms with Gasteiger partial charge in [0, 0.05) is 13.0 Å². The third kappa shape index (κ3) is 4.41. The Morgan fingerprint density at radius 2 is 1.91 bits per heavy atom.